The Hall–Kier alpha value is -1.67. The SMILES string of the molecule is O=c1c(I)cn([C@@H]2O[C@H](CO)C(O)[C@@H]2O)c(=O)n1CCc1ccc(F)cc1F. The Morgan fingerprint density at radius 2 is 1.89 bits per heavy atom. The standard InChI is InChI=1S/C17H17F2IN2O6/c18-9-2-1-8(10(19)5-9)3-4-21-15(26)11(20)6-22(17(21)27)16-14(25)13(24)12(7-23)28-16/h1-2,5-6,12-14,16,23-25H,3-4,7H2/t12-,13?,14+,16-/m1/s1. The number of nitrogens with zero attached hydrogens (tertiary/aromatic N) is 2. The number of halogens is 3. The highest BCUT2D eigenvalue weighted by Gasteiger charge is 2.44. The summed E-state index contributed by atoms with van der Waals surface area (Å²) in [5.74, 6) is -1.53. The van der Waals surface area contributed by atoms with Crippen molar-refractivity contribution < 1.29 is 28.8 Å². The van der Waals surface area contributed by atoms with Crippen molar-refractivity contribution in [3.05, 3.63) is 66.0 Å². The van der Waals surface area contributed by atoms with Crippen molar-refractivity contribution in [3.63, 3.8) is 0 Å². The molecule has 1 aliphatic heterocycles. The van der Waals surface area contributed by atoms with Crippen molar-refractivity contribution >= 4 is 22.6 Å². The Labute approximate surface area is 170 Å². The molecule has 2 aromatic rings. The van der Waals surface area contributed by atoms with Crippen LogP contribution in [0.5, 0.6) is 0 Å². The van der Waals surface area contributed by atoms with E-state index in [0.29, 0.717) is 6.07 Å². The number of aromatic nitrogens is 2. The van der Waals surface area contributed by atoms with Gasteiger partial charge in [0.25, 0.3) is 5.56 Å². The third-order valence-corrected chi connectivity index (χ3v) is 5.30. The molecule has 0 bridgehead atoms. The van der Waals surface area contributed by atoms with E-state index in [1.807, 2.05) is 0 Å². The van der Waals surface area contributed by atoms with Crippen molar-refractivity contribution in [1.29, 1.82) is 0 Å². The number of aliphatic hydroxyl groups excluding tert-OH is 3. The van der Waals surface area contributed by atoms with Gasteiger partial charge >= 0.3 is 5.69 Å². The summed E-state index contributed by atoms with van der Waals surface area (Å²) in [6, 6.07) is 3.02. The summed E-state index contributed by atoms with van der Waals surface area (Å²) in [5, 5.41) is 29.2. The third-order valence-electron chi connectivity index (χ3n) is 4.56. The average molecular weight is 510 g/mol. The summed E-state index contributed by atoms with van der Waals surface area (Å²) in [7, 11) is 0. The number of aliphatic hydroxyl groups is 3. The van der Waals surface area contributed by atoms with Crippen LogP contribution in [0.4, 0.5) is 8.78 Å². The Bertz CT molecular complexity index is 995. The molecule has 3 rings (SSSR count). The summed E-state index contributed by atoms with van der Waals surface area (Å²) in [4.78, 5) is 25.1. The molecule has 1 saturated heterocycles. The van der Waals surface area contributed by atoms with Crippen molar-refractivity contribution in [2.75, 3.05) is 6.61 Å². The molecule has 0 saturated carbocycles. The van der Waals surface area contributed by atoms with Gasteiger partial charge in [0.1, 0.15) is 29.9 Å². The third kappa shape index (κ3) is 3.89. The summed E-state index contributed by atoms with van der Waals surface area (Å²) in [6.45, 7) is -0.754. The highest BCUT2D eigenvalue weighted by Crippen LogP contribution is 2.28. The molecule has 0 aliphatic carbocycles. The highest BCUT2D eigenvalue weighted by atomic mass is 127. The zero-order valence-electron chi connectivity index (χ0n) is 14.3. The normalized spacial score (nSPS) is 24.6. The molecule has 1 unspecified atom stereocenters. The molecular weight excluding hydrogens is 493 g/mol. The van der Waals surface area contributed by atoms with Gasteiger partial charge in [0, 0.05) is 18.8 Å². The molecule has 3 N–H and O–H groups in total. The van der Waals surface area contributed by atoms with E-state index in [9.17, 15) is 33.7 Å². The number of aryl methyl sites for hydroxylation is 1. The fourth-order valence-corrected chi connectivity index (χ4v) is 3.62. The lowest BCUT2D eigenvalue weighted by molar-refractivity contribution is -0.0557. The minimum absolute atomic E-state index is 0.0443. The van der Waals surface area contributed by atoms with E-state index in [1.54, 1.807) is 22.6 Å². The van der Waals surface area contributed by atoms with Crippen LogP contribution >= 0.6 is 22.6 Å². The molecule has 4 atom stereocenters. The van der Waals surface area contributed by atoms with Crippen LogP contribution in [0.1, 0.15) is 11.8 Å². The molecule has 2 heterocycles. The van der Waals surface area contributed by atoms with E-state index < -0.39 is 54.0 Å². The lowest BCUT2D eigenvalue weighted by atomic mass is 10.1. The van der Waals surface area contributed by atoms with Crippen molar-refractivity contribution in [3.8, 4) is 0 Å². The maximum absolute atomic E-state index is 13.8. The van der Waals surface area contributed by atoms with Gasteiger partial charge in [-0.15, -0.1) is 0 Å². The smallest absolute Gasteiger partial charge is 0.333 e. The number of ether oxygens (including phenoxy) is 1. The highest BCUT2D eigenvalue weighted by molar-refractivity contribution is 14.1. The van der Waals surface area contributed by atoms with Gasteiger partial charge in [-0.1, -0.05) is 6.07 Å². The van der Waals surface area contributed by atoms with Crippen molar-refractivity contribution in [1.82, 2.24) is 9.13 Å². The first kappa shape index (κ1) is 21.0. The molecule has 0 radical (unpaired) electrons. The second-order valence-corrected chi connectivity index (χ2v) is 7.50. The maximum Gasteiger partial charge on any atom is 0.333 e. The predicted molar refractivity (Wildman–Crippen MR) is 101 cm³/mol. The molecule has 1 fully saturated rings. The van der Waals surface area contributed by atoms with Gasteiger partial charge in [0.2, 0.25) is 0 Å². The fourth-order valence-electron chi connectivity index (χ4n) is 3.03. The minimum Gasteiger partial charge on any atom is -0.394 e. The van der Waals surface area contributed by atoms with Gasteiger partial charge < -0.3 is 20.1 Å². The topological polar surface area (TPSA) is 114 Å². The largest absolute Gasteiger partial charge is 0.394 e. The number of benzene rings is 1. The van der Waals surface area contributed by atoms with Gasteiger partial charge in [-0.25, -0.2) is 13.6 Å². The van der Waals surface area contributed by atoms with E-state index in [0.717, 1.165) is 15.2 Å². The Morgan fingerprint density at radius 1 is 1.18 bits per heavy atom. The lowest BCUT2D eigenvalue weighted by Crippen LogP contribution is -2.44. The van der Waals surface area contributed by atoms with Gasteiger partial charge in [-0.3, -0.25) is 13.9 Å². The summed E-state index contributed by atoms with van der Waals surface area (Å²) >= 11 is 1.71. The zero-order chi connectivity index (χ0) is 20.6. The van der Waals surface area contributed by atoms with E-state index in [2.05, 4.69) is 0 Å². The summed E-state index contributed by atoms with van der Waals surface area (Å²) in [6.07, 6.45) is -4.15. The quantitative estimate of drug-likeness (QED) is 0.479. The van der Waals surface area contributed by atoms with Crippen LogP contribution in [-0.2, 0) is 17.7 Å². The minimum atomic E-state index is -1.49. The first-order valence-electron chi connectivity index (χ1n) is 8.32. The van der Waals surface area contributed by atoms with E-state index in [4.69, 9.17) is 4.74 Å². The first-order chi connectivity index (χ1) is 13.2. The Kier molecular flexibility index (Phi) is 6.29. The summed E-state index contributed by atoms with van der Waals surface area (Å²) < 4.78 is 34.1. The fraction of sp³-hybridized carbons (Fsp3) is 0.412. The van der Waals surface area contributed by atoms with E-state index in [-0.39, 0.29) is 22.1 Å². The lowest BCUT2D eigenvalue weighted by Gasteiger charge is -2.19. The molecule has 0 spiro atoms. The van der Waals surface area contributed by atoms with Gasteiger partial charge in [0.05, 0.1) is 10.2 Å². The van der Waals surface area contributed by atoms with E-state index in [1.165, 1.54) is 12.3 Å². The van der Waals surface area contributed by atoms with Crippen LogP contribution in [-0.4, -0.2) is 49.4 Å². The Balaban J connectivity index is 1.94. The predicted octanol–water partition coefficient (Wildman–Crippen LogP) is -0.253. The molecule has 8 nitrogen and oxygen atoms in total. The molecule has 0 amide bonds. The number of hydrogen-bond donors (Lipinski definition) is 3. The van der Waals surface area contributed by atoms with Crippen LogP contribution in [0.2, 0.25) is 0 Å². The molecule has 152 valence electrons. The van der Waals surface area contributed by atoms with Crippen LogP contribution in [0, 0.1) is 15.2 Å². The monoisotopic (exact) mass is 510 g/mol. The van der Waals surface area contributed by atoms with Gasteiger partial charge in [0.15, 0.2) is 6.23 Å². The van der Waals surface area contributed by atoms with Gasteiger partial charge in [-0.05, 0) is 40.6 Å². The molecule has 1 aromatic heterocycles. The zero-order valence-corrected chi connectivity index (χ0v) is 16.5. The molecule has 1 aromatic carbocycles. The second kappa shape index (κ2) is 8.37. The molecule has 1 aliphatic rings. The van der Waals surface area contributed by atoms with Crippen LogP contribution in [0.25, 0.3) is 0 Å². The molecular formula is C17H17F2IN2O6. The second-order valence-electron chi connectivity index (χ2n) is 6.34. The molecule has 11 heteroatoms. The van der Waals surface area contributed by atoms with Crippen LogP contribution < -0.4 is 11.2 Å². The summed E-state index contributed by atoms with van der Waals surface area (Å²) in [5.41, 5.74) is -1.31. The van der Waals surface area contributed by atoms with Crippen molar-refractivity contribution in [2.24, 2.45) is 0 Å². The van der Waals surface area contributed by atoms with Crippen molar-refractivity contribution in [2.45, 2.75) is 37.5 Å². The van der Waals surface area contributed by atoms with Gasteiger partial charge in [-0.2, -0.15) is 0 Å². The first-order valence-corrected chi connectivity index (χ1v) is 9.40. The maximum atomic E-state index is 13.8. The van der Waals surface area contributed by atoms with E-state index >= 15 is 0 Å². The number of rotatable bonds is 5. The number of hydrogen-bond acceptors (Lipinski definition) is 6. The molecule has 28 heavy (non-hydrogen) atoms. The average Bonchev–Trinajstić information content (AvgIpc) is 2.94. The Morgan fingerprint density at radius 3 is 2.50 bits per heavy atom. The van der Waals surface area contributed by atoms with Crippen LogP contribution in [0.3, 0.4) is 0 Å². The van der Waals surface area contributed by atoms with Crippen LogP contribution in [0.15, 0.2) is 34.0 Å².